The van der Waals surface area contributed by atoms with Gasteiger partial charge in [0.2, 0.25) is 0 Å². The third-order valence-corrected chi connectivity index (χ3v) is 3.60. The van der Waals surface area contributed by atoms with E-state index in [1.807, 2.05) is 25.1 Å². The van der Waals surface area contributed by atoms with Gasteiger partial charge in [-0.2, -0.15) is 0 Å². The second kappa shape index (κ2) is 4.76. The lowest BCUT2D eigenvalue weighted by molar-refractivity contribution is 0.134. The number of aryl methyl sites for hydroxylation is 1. The third kappa shape index (κ3) is 2.27. The predicted molar refractivity (Wildman–Crippen MR) is 70.1 cm³/mol. The molecule has 0 saturated carbocycles. The van der Waals surface area contributed by atoms with Gasteiger partial charge in [-0.1, -0.05) is 24.3 Å². The number of hydrogen-bond acceptors (Lipinski definition) is 2. The number of fused-ring (bicyclic) bond motifs is 1. The molecule has 1 unspecified atom stereocenters. The predicted octanol–water partition coefficient (Wildman–Crippen LogP) is 3.25. The van der Waals surface area contributed by atoms with Gasteiger partial charge in [0.25, 0.3) is 0 Å². The maximum Gasteiger partial charge on any atom is 0.123 e. The van der Waals surface area contributed by atoms with Crippen LogP contribution >= 0.6 is 0 Å². The fourth-order valence-electron chi connectivity index (χ4n) is 2.45. The molecule has 1 heterocycles. The SMILES string of the molecule is Cc1ccc(F)cc1C(O)c1ccc2c(c1)COC2. The summed E-state index contributed by atoms with van der Waals surface area (Å²) in [6.45, 7) is 3.08. The van der Waals surface area contributed by atoms with Crippen molar-refractivity contribution in [2.75, 3.05) is 0 Å². The second-order valence-electron chi connectivity index (χ2n) is 4.92. The summed E-state index contributed by atoms with van der Waals surface area (Å²) < 4.78 is 18.7. The monoisotopic (exact) mass is 258 g/mol. The average molecular weight is 258 g/mol. The normalized spacial score (nSPS) is 15.3. The van der Waals surface area contributed by atoms with Crippen LogP contribution in [0, 0.1) is 12.7 Å². The molecule has 3 rings (SSSR count). The Morgan fingerprint density at radius 3 is 2.74 bits per heavy atom. The number of hydrogen-bond donors (Lipinski definition) is 1. The molecule has 2 aromatic rings. The highest BCUT2D eigenvalue weighted by molar-refractivity contribution is 5.40. The van der Waals surface area contributed by atoms with Crippen molar-refractivity contribution in [2.45, 2.75) is 26.2 Å². The van der Waals surface area contributed by atoms with Crippen LogP contribution in [0.25, 0.3) is 0 Å². The zero-order valence-corrected chi connectivity index (χ0v) is 10.7. The molecule has 2 nitrogen and oxygen atoms in total. The standard InChI is InChI=1S/C16H15FO2/c1-10-2-5-14(17)7-15(10)16(18)11-3-4-12-8-19-9-13(12)6-11/h2-7,16,18H,8-9H2,1H3. The number of aliphatic hydroxyl groups excluding tert-OH is 1. The first-order valence-corrected chi connectivity index (χ1v) is 6.29. The van der Waals surface area contributed by atoms with Crippen molar-refractivity contribution < 1.29 is 14.2 Å². The Morgan fingerprint density at radius 2 is 1.89 bits per heavy atom. The van der Waals surface area contributed by atoms with E-state index >= 15 is 0 Å². The zero-order chi connectivity index (χ0) is 13.4. The minimum atomic E-state index is -0.804. The molecule has 0 aromatic heterocycles. The molecule has 1 aliphatic heterocycles. The van der Waals surface area contributed by atoms with Gasteiger partial charge in [-0.05, 0) is 46.9 Å². The van der Waals surface area contributed by atoms with Gasteiger partial charge in [0.15, 0.2) is 0 Å². The van der Waals surface area contributed by atoms with Crippen molar-refractivity contribution in [3.05, 3.63) is 70.0 Å². The number of rotatable bonds is 2. The van der Waals surface area contributed by atoms with Crippen LogP contribution < -0.4 is 0 Å². The highest BCUT2D eigenvalue weighted by atomic mass is 19.1. The van der Waals surface area contributed by atoms with Crippen LogP contribution in [0.5, 0.6) is 0 Å². The van der Waals surface area contributed by atoms with Gasteiger partial charge in [0.05, 0.1) is 13.2 Å². The van der Waals surface area contributed by atoms with Gasteiger partial charge < -0.3 is 9.84 Å². The summed E-state index contributed by atoms with van der Waals surface area (Å²) in [4.78, 5) is 0. The van der Waals surface area contributed by atoms with E-state index in [1.54, 1.807) is 6.07 Å². The van der Waals surface area contributed by atoms with E-state index < -0.39 is 6.10 Å². The molecule has 98 valence electrons. The van der Waals surface area contributed by atoms with Crippen LogP contribution in [0.15, 0.2) is 36.4 Å². The zero-order valence-electron chi connectivity index (χ0n) is 10.7. The Hall–Kier alpha value is -1.71. The molecule has 1 N–H and O–H groups in total. The molecule has 0 fully saturated rings. The molecule has 0 aliphatic carbocycles. The second-order valence-corrected chi connectivity index (χ2v) is 4.92. The minimum absolute atomic E-state index is 0.329. The molecule has 1 atom stereocenters. The van der Waals surface area contributed by atoms with Gasteiger partial charge in [-0.15, -0.1) is 0 Å². The Bertz CT molecular complexity index is 622. The van der Waals surface area contributed by atoms with E-state index in [-0.39, 0.29) is 5.82 Å². The van der Waals surface area contributed by atoms with Crippen molar-refractivity contribution in [2.24, 2.45) is 0 Å². The molecule has 0 bridgehead atoms. The van der Waals surface area contributed by atoms with Crippen LogP contribution in [-0.2, 0) is 18.0 Å². The summed E-state index contributed by atoms with van der Waals surface area (Å²) in [6, 6.07) is 10.3. The fourth-order valence-corrected chi connectivity index (χ4v) is 2.45. The van der Waals surface area contributed by atoms with Crippen LogP contribution in [-0.4, -0.2) is 5.11 Å². The molecular weight excluding hydrogens is 243 g/mol. The minimum Gasteiger partial charge on any atom is -0.384 e. The molecule has 3 heteroatoms. The number of ether oxygens (including phenoxy) is 1. The molecule has 0 saturated heterocycles. The molecule has 19 heavy (non-hydrogen) atoms. The largest absolute Gasteiger partial charge is 0.384 e. The maximum absolute atomic E-state index is 13.3. The summed E-state index contributed by atoms with van der Waals surface area (Å²) in [5.74, 6) is -0.329. The Labute approximate surface area is 111 Å². The first-order chi connectivity index (χ1) is 9.15. The number of halogens is 1. The first kappa shape index (κ1) is 12.3. The third-order valence-electron chi connectivity index (χ3n) is 3.60. The Balaban J connectivity index is 1.99. The van der Waals surface area contributed by atoms with Gasteiger partial charge in [0.1, 0.15) is 11.9 Å². The highest BCUT2D eigenvalue weighted by Crippen LogP contribution is 2.29. The lowest BCUT2D eigenvalue weighted by Crippen LogP contribution is -2.03. The highest BCUT2D eigenvalue weighted by Gasteiger charge is 2.17. The van der Waals surface area contributed by atoms with E-state index in [4.69, 9.17) is 4.74 Å². The van der Waals surface area contributed by atoms with E-state index in [9.17, 15) is 9.50 Å². The van der Waals surface area contributed by atoms with E-state index in [1.165, 1.54) is 12.1 Å². The molecule has 0 radical (unpaired) electrons. The van der Waals surface area contributed by atoms with Crippen molar-refractivity contribution >= 4 is 0 Å². The van der Waals surface area contributed by atoms with E-state index in [0.717, 1.165) is 22.3 Å². The topological polar surface area (TPSA) is 29.5 Å². The van der Waals surface area contributed by atoms with Crippen LogP contribution in [0.3, 0.4) is 0 Å². The van der Waals surface area contributed by atoms with Gasteiger partial charge in [-0.25, -0.2) is 4.39 Å². The first-order valence-electron chi connectivity index (χ1n) is 6.29. The van der Waals surface area contributed by atoms with Gasteiger partial charge in [-0.3, -0.25) is 0 Å². The van der Waals surface area contributed by atoms with Gasteiger partial charge in [0, 0.05) is 0 Å². The van der Waals surface area contributed by atoms with Crippen LogP contribution in [0.2, 0.25) is 0 Å². The molecule has 0 amide bonds. The summed E-state index contributed by atoms with van der Waals surface area (Å²) >= 11 is 0. The van der Waals surface area contributed by atoms with Crippen LogP contribution in [0.4, 0.5) is 4.39 Å². The number of aliphatic hydroxyl groups is 1. The summed E-state index contributed by atoms with van der Waals surface area (Å²) in [6.07, 6.45) is -0.804. The number of benzene rings is 2. The summed E-state index contributed by atoms with van der Waals surface area (Å²) in [5.41, 5.74) is 4.53. The Morgan fingerprint density at radius 1 is 1.11 bits per heavy atom. The summed E-state index contributed by atoms with van der Waals surface area (Å²) in [7, 11) is 0. The van der Waals surface area contributed by atoms with Crippen molar-refractivity contribution in [3.63, 3.8) is 0 Å². The summed E-state index contributed by atoms with van der Waals surface area (Å²) in [5, 5.41) is 10.4. The lowest BCUT2D eigenvalue weighted by atomic mass is 9.95. The van der Waals surface area contributed by atoms with Crippen molar-refractivity contribution in [3.8, 4) is 0 Å². The lowest BCUT2D eigenvalue weighted by Gasteiger charge is -2.15. The van der Waals surface area contributed by atoms with Crippen LogP contribution in [0.1, 0.15) is 33.9 Å². The average Bonchev–Trinajstić information content (AvgIpc) is 2.88. The molecule has 2 aromatic carbocycles. The smallest absolute Gasteiger partial charge is 0.123 e. The van der Waals surface area contributed by atoms with Crippen molar-refractivity contribution in [1.29, 1.82) is 0 Å². The molecule has 1 aliphatic rings. The van der Waals surface area contributed by atoms with E-state index in [2.05, 4.69) is 0 Å². The quantitative estimate of drug-likeness (QED) is 0.896. The Kier molecular flexibility index (Phi) is 3.09. The van der Waals surface area contributed by atoms with E-state index in [0.29, 0.717) is 18.8 Å². The van der Waals surface area contributed by atoms with Crippen molar-refractivity contribution in [1.82, 2.24) is 0 Å². The molecular formula is C16H15FO2. The fraction of sp³-hybridized carbons (Fsp3) is 0.250. The maximum atomic E-state index is 13.3. The van der Waals surface area contributed by atoms with Gasteiger partial charge >= 0.3 is 0 Å². The molecule has 0 spiro atoms.